The number of amides is 1. The molecule has 3 aromatic rings. The van der Waals surface area contributed by atoms with Crippen LogP contribution in [0.25, 0.3) is 0 Å². The maximum absolute atomic E-state index is 14.6. The Morgan fingerprint density at radius 2 is 1.48 bits per heavy atom. The van der Waals surface area contributed by atoms with Crippen molar-refractivity contribution in [3.05, 3.63) is 78.9 Å². The van der Waals surface area contributed by atoms with Gasteiger partial charge in [0.25, 0.3) is 5.91 Å². The molecule has 1 aliphatic heterocycles. The molecule has 7 nitrogen and oxygen atoms in total. The Kier molecular flexibility index (Phi) is 5.43. The number of ether oxygens (including phenoxy) is 3. The fraction of sp³-hybridized carbons (Fsp3) is 0.200. The van der Waals surface area contributed by atoms with Crippen LogP contribution in [-0.2, 0) is 18.9 Å². The summed E-state index contributed by atoms with van der Waals surface area (Å²) in [7, 11) is -3.34. The molecule has 0 unspecified atom stereocenters. The minimum Gasteiger partial charge on any atom is -0.455 e. The highest BCUT2D eigenvalue weighted by atomic mass is 31.2. The Labute approximate surface area is 191 Å². The topological polar surface area (TPSA) is 90.9 Å². The summed E-state index contributed by atoms with van der Waals surface area (Å²) in [6, 6.07) is 23.1. The van der Waals surface area contributed by atoms with Gasteiger partial charge in [-0.3, -0.25) is 9.59 Å². The lowest BCUT2D eigenvalue weighted by Crippen LogP contribution is -2.36. The molecule has 0 saturated heterocycles. The average Bonchev–Trinajstić information content (AvgIpc) is 3.55. The van der Waals surface area contributed by atoms with Crippen molar-refractivity contribution in [2.75, 3.05) is 18.7 Å². The molecule has 168 valence electrons. The predicted octanol–water partition coefficient (Wildman–Crippen LogP) is 3.44. The summed E-state index contributed by atoms with van der Waals surface area (Å²) < 4.78 is 30.5. The van der Waals surface area contributed by atoms with Gasteiger partial charge >= 0.3 is 5.97 Å². The highest BCUT2D eigenvalue weighted by molar-refractivity contribution is 7.81. The summed E-state index contributed by atoms with van der Waals surface area (Å²) >= 11 is 0. The van der Waals surface area contributed by atoms with Gasteiger partial charge in [0.1, 0.15) is 5.16 Å². The largest absolute Gasteiger partial charge is 0.455 e. The minimum atomic E-state index is -3.34. The van der Waals surface area contributed by atoms with E-state index in [1.165, 1.54) is 0 Å². The number of esters is 1. The number of carbonyl (C=O) groups is 2. The van der Waals surface area contributed by atoms with Crippen LogP contribution >= 0.6 is 7.14 Å². The van der Waals surface area contributed by atoms with Crippen molar-refractivity contribution in [2.24, 2.45) is 0 Å². The summed E-state index contributed by atoms with van der Waals surface area (Å²) in [5.74, 6) is 0.0349. The molecule has 1 saturated carbocycles. The number of carbonyl (C=O) groups excluding carboxylic acids is 2. The van der Waals surface area contributed by atoms with Gasteiger partial charge in [0.15, 0.2) is 25.2 Å². The first-order chi connectivity index (χ1) is 16.0. The third-order valence-electron chi connectivity index (χ3n) is 5.94. The van der Waals surface area contributed by atoms with Gasteiger partial charge in [-0.05, 0) is 25.0 Å². The summed E-state index contributed by atoms with van der Waals surface area (Å²) in [6.07, 6.45) is 0.882. The Hall–Kier alpha value is -3.57. The Bertz CT molecular complexity index is 1200. The maximum atomic E-state index is 14.6. The second-order valence-electron chi connectivity index (χ2n) is 8.00. The summed E-state index contributed by atoms with van der Waals surface area (Å²) in [4.78, 5) is 25.6. The smallest absolute Gasteiger partial charge is 0.320 e. The van der Waals surface area contributed by atoms with E-state index < -0.39 is 30.8 Å². The second-order valence-corrected chi connectivity index (χ2v) is 11.1. The number of hydrogen-bond acceptors (Lipinski definition) is 6. The van der Waals surface area contributed by atoms with Crippen LogP contribution in [0.2, 0.25) is 0 Å². The molecule has 0 radical (unpaired) electrons. The number of rotatable bonds is 7. The first-order valence-corrected chi connectivity index (χ1v) is 12.3. The van der Waals surface area contributed by atoms with E-state index in [0.29, 0.717) is 40.6 Å². The molecular weight excluding hydrogens is 441 g/mol. The molecule has 5 rings (SSSR count). The monoisotopic (exact) mass is 463 g/mol. The lowest BCUT2D eigenvalue weighted by atomic mass is 10.3. The Morgan fingerprint density at radius 1 is 0.879 bits per heavy atom. The Morgan fingerprint density at radius 3 is 2.09 bits per heavy atom. The molecule has 1 amide bonds. The normalized spacial score (nSPS) is 15.5. The molecule has 1 fully saturated rings. The van der Waals surface area contributed by atoms with Crippen LogP contribution < -0.4 is 25.4 Å². The first-order valence-electron chi connectivity index (χ1n) is 10.6. The SMILES string of the molecule is O=C(COC(=O)C1(P(=O)(c2ccccc2)c2ccccc2)CC1)Nc1ccc2c(c1)OCO2. The van der Waals surface area contributed by atoms with Gasteiger partial charge in [0.05, 0.1) is 0 Å². The lowest BCUT2D eigenvalue weighted by molar-refractivity contribution is -0.147. The van der Waals surface area contributed by atoms with Crippen molar-refractivity contribution in [1.82, 2.24) is 0 Å². The van der Waals surface area contributed by atoms with E-state index in [9.17, 15) is 14.2 Å². The summed E-state index contributed by atoms with van der Waals surface area (Å²) in [5.41, 5.74) is 0.501. The van der Waals surface area contributed by atoms with Gasteiger partial charge in [-0.15, -0.1) is 0 Å². The maximum Gasteiger partial charge on any atom is 0.320 e. The van der Waals surface area contributed by atoms with E-state index in [1.54, 1.807) is 42.5 Å². The van der Waals surface area contributed by atoms with Gasteiger partial charge in [0.2, 0.25) is 6.79 Å². The number of nitrogens with one attached hydrogen (secondary N) is 1. The number of benzene rings is 3. The zero-order chi connectivity index (χ0) is 22.9. The van der Waals surface area contributed by atoms with Crippen LogP contribution in [0, 0.1) is 0 Å². The minimum absolute atomic E-state index is 0.134. The molecule has 8 heteroatoms. The van der Waals surface area contributed by atoms with Gasteiger partial charge in [-0.1, -0.05) is 60.7 Å². The van der Waals surface area contributed by atoms with Crippen LogP contribution in [0.4, 0.5) is 5.69 Å². The van der Waals surface area contributed by atoms with E-state index in [1.807, 2.05) is 36.4 Å². The average molecular weight is 463 g/mol. The van der Waals surface area contributed by atoms with Gasteiger partial charge < -0.3 is 24.1 Å². The molecule has 33 heavy (non-hydrogen) atoms. The highest BCUT2D eigenvalue weighted by Gasteiger charge is 2.65. The van der Waals surface area contributed by atoms with E-state index >= 15 is 0 Å². The molecule has 0 bridgehead atoms. The summed E-state index contributed by atoms with van der Waals surface area (Å²) in [6.45, 7) is -0.339. The van der Waals surface area contributed by atoms with E-state index in [0.717, 1.165) is 0 Å². The molecule has 1 heterocycles. The van der Waals surface area contributed by atoms with Crippen LogP contribution in [0.3, 0.4) is 0 Å². The number of hydrogen-bond donors (Lipinski definition) is 1. The van der Waals surface area contributed by atoms with Crippen LogP contribution in [-0.4, -0.2) is 30.4 Å². The standard InChI is InChI=1S/C25H22NO6P/c27-23(26-18-11-12-21-22(15-18)32-17-31-21)16-30-24(28)25(13-14-25)33(29,19-7-3-1-4-8-19)20-9-5-2-6-10-20/h1-12,15H,13-14,16-17H2,(H,26,27). The third kappa shape index (κ3) is 3.79. The number of anilines is 1. The molecule has 1 N–H and O–H groups in total. The highest BCUT2D eigenvalue weighted by Crippen LogP contribution is 2.68. The first kappa shape index (κ1) is 21.3. The van der Waals surface area contributed by atoms with E-state index in [2.05, 4.69) is 5.32 Å². The van der Waals surface area contributed by atoms with Gasteiger partial charge in [0, 0.05) is 22.4 Å². The van der Waals surface area contributed by atoms with Gasteiger partial charge in [-0.2, -0.15) is 0 Å². The van der Waals surface area contributed by atoms with Crippen molar-refractivity contribution in [3.63, 3.8) is 0 Å². The van der Waals surface area contributed by atoms with Crippen molar-refractivity contribution >= 4 is 35.3 Å². The number of fused-ring (bicyclic) bond motifs is 1. The quantitative estimate of drug-likeness (QED) is 0.427. The second kappa shape index (κ2) is 8.41. The molecule has 2 aliphatic rings. The van der Waals surface area contributed by atoms with Crippen molar-refractivity contribution in [3.8, 4) is 11.5 Å². The molecule has 0 spiro atoms. The molecule has 0 atom stereocenters. The molecule has 3 aromatic carbocycles. The fourth-order valence-electron chi connectivity index (χ4n) is 4.12. The summed E-state index contributed by atoms with van der Waals surface area (Å²) in [5, 5.41) is 2.74. The zero-order valence-corrected chi connectivity index (χ0v) is 18.6. The van der Waals surface area contributed by atoms with Crippen molar-refractivity contribution < 1.29 is 28.4 Å². The van der Waals surface area contributed by atoms with Crippen LogP contribution in [0.5, 0.6) is 11.5 Å². The predicted molar refractivity (Wildman–Crippen MR) is 124 cm³/mol. The van der Waals surface area contributed by atoms with Crippen molar-refractivity contribution in [1.29, 1.82) is 0 Å². The Balaban J connectivity index is 1.33. The lowest BCUT2D eigenvalue weighted by Gasteiger charge is -2.27. The molecule has 1 aliphatic carbocycles. The van der Waals surface area contributed by atoms with E-state index in [4.69, 9.17) is 14.2 Å². The molecule has 0 aromatic heterocycles. The van der Waals surface area contributed by atoms with Crippen LogP contribution in [0.1, 0.15) is 12.8 Å². The van der Waals surface area contributed by atoms with Crippen molar-refractivity contribution in [2.45, 2.75) is 18.0 Å². The molecular formula is C25H22NO6P. The van der Waals surface area contributed by atoms with Crippen LogP contribution in [0.15, 0.2) is 78.9 Å². The fourth-order valence-corrected chi connectivity index (χ4v) is 7.66. The van der Waals surface area contributed by atoms with E-state index in [-0.39, 0.29) is 6.79 Å². The zero-order valence-electron chi connectivity index (χ0n) is 17.7. The third-order valence-corrected chi connectivity index (χ3v) is 9.82. The van der Waals surface area contributed by atoms with Gasteiger partial charge in [-0.25, -0.2) is 0 Å².